The third-order valence-electron chi connectivity index (χ3n) is 2.89. The van der Waals surface area contributed by atoms with Crippen LogP contribution in [0.4, 0.5) is 11.9 Å². The molecular formula is C13H25N5O. The van der Waals surface area contributed by atoms with Crippen LogP contribution in [0.15, 0.2) is 0 Å². The molecule has 0 aliphatic rings. The van der Waals surface area contributed by atoms with E-state index in [0.29, 0.717) is 30.4 Å². The summed E-state index contributed by atoms with van der Waals surface area (Å²) in [5, 5.41) is 2.94. The molecule has 108 valence electrons. The normalized spacial score (nSPS) is 12.1. The zero-order chi connectivity index (χ0) is 14.3. The van der Waals surface area contributed by atoms with Crippen LogP contribution < -0.4 is 15.0 Å². The summed E-state index contributed by atoms with van der Waals surface area (Å²) in [6, 6.07) is 0.382. The zero-order valence-electron chi connectivity index (χ0n) is 12.6. The summed E-state index contributed by atoms with van der Waals surface area (Å²) in [6.07, 6.45) is 2.06. The smallest absolute Gasteiger partial charge is 0.323 e. The first-order valence-corrected chi connectivity index (χ1v) is 6.88. The molecule has 6 nitrogen and oxygen atoms in total. The minimum absolute atomic E-state index is 0.382. The van der Waals surface area contributed by atoms with Crippen molar-refractivity contribution in [3.8, 4) is 6.01 Å². The number of nitrogens with one attached hydrogen (secondary N) is 1. The monoisotopic (exact) mass is 267 g/mol. The van der Waals surface area contributed by atoms with Gasteiger partial charge in [0.1, 0.15) is 0 Å². The van der Waals surface area contributed by atoms with E-state index in [9.17, 15) is 0 Å². The van der Waals surface area contributed by atoms with E-state index in [1.54, 1.807) is 7.05 Å². The molecule has 1 rings (SSSR count). The fraction of sp³-hybridized carbons (Fsp3) is 0.769. The molecule has 0 saturated carbocycles. The van der Waals surface area contributed by atoms with Crippen LogP contribution in [-0.4, -0.2) is 42.2 Å². The van der Waals surface area contributed by atoms with Crippen LogP contribution in [-0.2, 0) is 0 Å². The number of ether oxygens (including phenoxy) is 1. The molecule has 0 fully saturated rings. The molecule has 19 heavy (non-hydrogen) atoms. The Morgan fingerprint density at radius 1 is 1.26 bits per heavy atom. The SMILES string of the molecule is CCCOc1nc(NC)nc(N(C)CC(C)CC)n1. The third-order valence-corrected chi connectivity index (χ3v) is 2.89. The van der Waals surface area contributed by atoms with E-state index in [2.05, 4.69) is 41.0 Å². The number of hydrogen-bond donors (Lipinski definition) is 1. The number of nitrogens with zero attached hydrogens (tertiary/aromatic N) is 4. The molecule has 1 aromatic heterocycles. The fourth-order valence-electron chi connectivity index (χ4n) is 1.56. The van der Waals surface area contributed by atoms with E-state index >= 15 is 0 Å². The van der Waals surface area contributed by atoms with Gasteiger partial charge in [-0.1, -0.05) is 27.2 Å². The van der Waals surface area contributed by atoms with Crippen LogP contribution in [0.3, 0.4) is 0 Å². The highest BCUT2D eigenvalue weighted by Gasteiger charge is 2.12. The minimum atomic E-state index is 0.382. The molecule has 0 aliphatic heterocycles. The van der Waals surface area contributed by atoms with Crippen molar-refractivity contribution in [1.29, 1.82) is 0 Å². The maximum Gasteiger partial charge on any atom is 0.323 e. The molecule has 0 bridgehead atoms. The summed E-state index contributed by atoms with van der Waals surface area (Å²) < 4.78 is 5.49. The second-order valence-corrected chi connectivity index (χ2v) is 4.73. The Morgan fingerprint density at radius 2 is 2.00 bits per heavy atom. The first-order chi connectivity index (χ1) is 9.10. The van der Waals surface area contributed by atoms with Gasteiger partial charge in [-0.05, 0) is 12.3 Å². The standard InChI is InChI=1S/C13H25N5O/c1-6-8-19-13-16-11(14-4)15-12(17-13)18(5)9-10(3)7-2/h10H,6-9H2,1-5H3,(H,14,15,16,17). The summed E-state index contributed by atoms with van der Waals surface area (Å²) in [7, 11) is 3.78. The van der Waals surface area contributed by atoms with Gasteiger partial charge in [0, 0.05) is 20.6 Å². The Morgan fingerprint density at radius 3 is 2.58 bits per heavy atom. The number of anilines is 2. The Labute approximate surface area is 115 Å². The molecular weight excluding hydrogens is 242 g/mol. The quantitative estimate of drug-likeness (QED) is 0.779. The van der Waals surface area contributed by atoms with Gasteiger partial charge in [-0.25, -0.2) is 0 Å². The van der Waals surface area contributed by atoms with Crippen molar-refractivity contribution in [3.63, 3.8) is 0 Å². The third kappa shape index (κ3) is 4.89. The molecule has 1 aromatic rings. The molecule has 1 unspecified atom stereocenters. The van der Waals surface area contributed by atoms with Gasteiger partial charge in [0.05, 0.1) is 6.61 Å². The molecule has 1 heterocycles. The summed E-state index contributed by atoms with van der Waals surface area (Å²) in [5.74, 6) is 1.78. The van der Waals surface area contributed by atoms with E-state index < -0.39 is 0 Å². The molecule has 0 amide bonds. The average molecular weight is 267 g/mol. The highest BCUT2D eigenvalue weighted by molar-refractivity contribution is 5.37. The van der Waals surface area contributed by atoms with Gasteiger partial charge < -0.3 is 15.0 Å². The molecule has 1 atom stereocenters. The van der Waals surface area contributed by atoms with E-state index in [1.807, 2.05) is 11.9 Å². The average Bonchev–Trinajstić information content (AvgIpc) is 2.44. The van der Waals surface area contributed by atoms with Crippen molar-refractivity contribution < 1.29 is 4.74 Å². The van der Waals surface area contributed by atoms with Crippen LogP contribution >= 0.6 is 0 Å². The minimum Gasteiger partial charge on any atom is -0.463 e. The van der Waals surface area contributed by atoms with Crippen molar-refractivity contribution >= 4 is 11.9 Å². The van der Waals surface area contributed by atoms with Gasteiger partial charge in [-0.3, -0.25) is 0 Å². The Kier molecular flexibility index (Phi) is 6.32. The summed E-state index contributed by atoms with van der Waals surface area (Å²) >= 11 is 0. The first kappa shape index (κ1) is 15.5. The fourth-order valence-corrected chi connectivity index (χ4v) is 1.56. The van der Waals surface area contributed by atoms with E-state index in [1.165, 1.54) is 0 Å². The lowest BCUT2D eigenvalue weighted by Crippen LogP contribution is -2.26. The lowest BCUT2D eigenvalue weighted by molar-refractivity contribution is 0.292. The second-order valence-electron chi connectivity index (χ2n) is 4.73. The summed E-state index contributed by atoms with van der Waals surface area (Å²) in [6.45, 7) is 7.97. The molecule has 0 saturated heterocycles. The lowest BCUT2D eigenvalue weighted by atomic mass is 10.1. The van der Waals surface area contributed by atoms with Crippen molar-refractivity contribution in [1.82, 2.24) is 15.0 Å². The number of rotatable bonds is 8. The van der Waals surface area contributed by atoms with Gasteiger partial charge in [-0.15, -0.1) is 0 Å². The van der Waals surface area contributed by atoms with E-state index in [0.717, 1.165) is 19.4 Å². The van der Waals surface area contributed by atoms with Crippen molar-refractivity contribution in [3.05, 3.63) is 0 Å². The number of hydrogen-bond acceptors (Lipinski definition) is 6. The van der Waals surface area contributed by atoms with Gasteiger partial charge >= 0.3 is 6.01 Å². The Bertz CT molecular complexity index is 385. The van der Waals surface area contributed by atoms with Crippen molar-refractivity contribution in [2.24, 2.45) is 5.92 Å². The van der Waals surface area contributed by atoms with Crippen LogP contribution in [0.2, 0.25) is 0 Å². The molecule has 0 radical (unpaired) electrons. The highest BCUT2D eigenvalue weighted by atomic mass is 16.5. The van der Waals surface area contributed by atoms with Crippen molar-refractivity contribution in [2.45, 2.75) is 33.6 Å². The van der Waals surface area contributed by atoms with Gasteiger partial charge in [0.25, 0.3) is 0 Å². The highest BCUT2D eigenvalue weighted by Crippen LogP contribution is 2.15. The topological polar surface area (TPSA) is 63.2 Å². The summed E-state index contributed by atoms with van der Waals surface area (Å²) in [5.41, 5.74) is 0. The Hall–Kier alpha value is -1.59. The predicted octanol–water partition coefficient (Wildman–Crippen LogP) is 2.18. The maximum atomic E-state index is 5.49. The maximum absolute atomic E-state index is 5.49. The first-order valence-electron chi connectivity index (χ1n) is 6.88. The number of aromatic nitrogens is 3. The predicted molar refractivity (Wildman–Crippen MR) is 77.9 cm³/mol. The Balaban J connectivity index is 2.85. The summed E-state index contributed by atoms with van der Waals surface area (Å²) in [4.78, 5) is 14.9. The largest absolute Gasteiger partial charge is 0.463 e. The molecule has 6 heteroatoms. The zero-order valence-corrected chi connectivity index (χ0v) is 12.6. The van der Waals surface area contributed by atoms with Crippen LogP contribution in [0.1, 0.15) is 33.6 Å². The van der Waals surface area contributed by atoms with Crippen LogP contribution in [0, 0.1) is 5.92 Å². The van der Waals surface area contributed by atoms with Crippen molar-refractivity contribution in [2.75, 3.05) is 37.5 Å². The van der Waals surface area contributed by atoms with Gasteiger partial charge in [0.2, 0.25) is 11.9 Å². The molecule has 0 aromatic carbocycles. The van der Waals surface area contributed by atoms with E-state index in [4.69, 9.17) is 4.74 Å². The van der Waals surface area contributed by atoms with Gasteiger partial charge in [-0.2, -0.15) is 15.0 Å². The molecule has 0 aliphatic carbocycles. The molecule has 1 N–H and O–H groups in total. The lowest BCUT2D eigenvalue weighted by Gasteiger charge is -2.21. The van der Waals surface area contributed by atoms with E-state index in [-0.39, 0.29) is 0 Å². The second kappa shape index (κ2) is 7.76. The van der Waals surface area contributed by atoms with Crippen LogP contribution in [0.25, 0.3) is 0 Å². The molecule has 0 spiro atoms. The van der Waals surface area contributed by atoms with Gasteiger partial charge in [0.15, 0.2) is 0 Å². The van der Waals surface area contributed by atoms with Crippen LogP contribution in [0.5, 0.6) is 6.01 Å².